The number of amidine groups is 1. The predicted octanol–water partition coefficient (Wildman–Crippen LogP) is 4.37. The first-order valence-corrected chi connectivity index (χ1v) is 9.03. The SMILES string of the molecule is Cc1cc(N=C2NC(=O)/C(=C/c3ccc(O)cc3O)S2)cc(C)c1Br. The van der Waals surface area contributed by atoms with Crippen LogP contribution in [0.15, 0.2) is 44.7 Å². The molecule has 128 valence electrons. The zero-order valence-corrected chi connectivity index (χ0v) is 15.9. The number of amides is 1. The number of aryl methyl sites for hydroxylation is 2. The molecule has 5 nitrogen and oxygen atoms in total. The molecular weight excluding hydrogens is 404 g/mol. The molecule has 1 amide bonds. The molecule has 2 aromatic rings. The van der Waals surface area contributed by atoms with Crippen molar-refractivity contribution < 1.29 is 15.0 Å². The number of hydrogen-bond acceptors (Lipinski definition) is 5. The van der Waals surface area contributed by atoms with Gasteiger partial charge in [0.05, 0.1) is 10.6 Å². The van der Waals surface area contributed by atoms with Gasteiger partial charge in [0, 0.05) is 16.1 Å². The highest BCUT2D eigenvalue weighted by Crippen LogP contribution is 2.32. The number of aliphatic imine (C=N–C) groups is 1. The Bertz CT molecular complexity index is 915. The van der Waals surface area contributed by atoms with E-state index < -0.39 is 0 Å². The highest BCUT2D eigenvalue weighted by atomic mass is 79.9. The van der Waals surface area contributed by atoms with Gasteiger partial charge in [-0.3, -0.25) is 4.79 Å². The maximum atomic E-state index is 12.1. The second kappa shape index (κ2) is 6.93. The van der Waals surface area contributed by atoms with Crippen molar-refractivity contribution in [1.29, 1.82) is 0 Å². The van der Waals surface area contributed by atoms with Gasteiger partial charge in [0.2, 0.25) is 0 Å². The van der Waals surface area contributed by atoms with E-state index in [0.29, 0.717) is 15.6 Å². The van der Waals surface area contributed by atoms with Crippen LogP contribution in [-0.4, -0.2) is 21.3 Å². The number of phenolic OH excluding ortho intramolecular Hbond substituents is 2. The summed E-state index contributed by atoms with van der Waals surface area (Å²) in [6.45, 7) is 3.97. The minimum Gasteiger partial charge on any atom is -0.508 e. The van der Waals surface area contributed by atoms with Crippen LogP contribution in [0.25, 0.3) is 6.08 Å². The summed E-state index contributed by atoms with van der Waals surface area (Å²) >= 11 is 4.72. The van der Waals surface area contributed by atoms with Gasteiger partial charge in [-0.2, -0.15) is 0 Å². The molecular formula is C18H15BrN2O3S. The van der Waals surface area contributed by atoms with E-state index in [9.17, 15) is 15.0 Å². The lowest BCUT2D eigenvalue weighted by Gasteiger charge is -2.04. The first kappa shape index (κ1) is 17.6. The molecule has 7 heteroatoms. The van der Waals surface area contributed by atoms with Crippen molar-refractivity contribution in [2.75, 3.05) is 0 Å². The van der Waals surface area contributed by atoms with E-state index in [2.05, 4.69) is 26.2 Å². The Morgan fingerprint density at radius 2 is 1.84 bits per heavy atom. The molecule has 0 radical (unpaired) electrons. The van der Waals surface area contributed by atoms with Crippen LogP contribution in [0.3, 0.4) is 0 Å². The quantitative estimate of drug-likeness (QED) is 0.632. The lowest BCUT2D eigenvalue weighted by Crippen LogP contribution is -2.19. The molecule has 0 bridgehead atoms. The number of nitrogens with one attached hydrogen (secondary N) is 1. The minimum absolute atomic E-state index is 0.0357. The molecule has 3 N–H and O–H groups in total. The Kier molecular flexibility index (Phi) is 4.87. The summed E-state index contributed by atoms with van der Waals surface area (Å²) in [5, 5.41) is 22.4. The Morgan fingerprint density at radius 1 is 1.16 bits per heavy atom. The van der Waals surface area contributed by atoms with Crippen molar-refractivity contribution in [2.45, 2.75) is 13.8 Å². The standard InChI is InChI=1S/C18H15BrN2O3S/c1-9-5-12(6-10(2)16(9)19)20-18-21-17(24)15(25-18)7-11-3-4-13(22)8-14(11)23/h3-8,22-23H,1-2H3,(H,20,21,24)/b15-7-. The normalized spacial score (nSPS) is 17.3. The molecule has 1 aliphatic heterocycles. The lowest BCUT2D eigenvalue weighted by atomic mass is 10.1. The molecule has 0 unspecified atom stereocenters. The first-order chi connectivity index (χ1) is 11.8. The monoisotopic (exact) mass is 418 g/mol. The fourth-order valence-electron chi connectivity index (χ4n) is 2.38. The number of halogens is 1. The van der Waals surface area contributed by atoms with E-state index in [-0.39, 0.29) is 17.4 Å². The molecule has 1 fully saturated rings. The van der Waals surface area contributed by atoms with Crippen molar-refractivity contribution in [3.05, 3.63) is 56.4 Å². The van der Waals surface area contributed by atoms with Gasteiger partial charge in [-0.15, -0.1) is 0 Å². The Morgan fingerprint density at radius 3 is 2.48 bits per heavy atom. The molecule has 0 spiro atoms. The summed E-state index contributed by atoms with van der Waals surface area (Å²) in [6.07, 6.45) is 1.56. The van der Waals surface area contributed by atoms with E-state index in [1.54, 1.807) is 12.1 Å². The summed E-state index contributed by atoms with van der Waals surface area (Å²) in [7, 11) is 0. The fraction of sp³-hybridized carbons (Fsp3) is 0.111. The van der Waals surface area contributed by atoms with Crippen LogP contribution in [-0.2, 0) is 4.79 Å². The zero-order chi connectivity index (χ0) is 18.1. The smallest absolute Gasteiger partial charge is 0.264 e. The molecule has 0 saturated carbocycles. The summed E-state index contributed by atoms with van der Waals surface area (Å²) in [6, 6.07) is 8.09. The number of carbonyl (C=O) groups is 1. The predicted molar refractivity (Wildman–Crippen MR) is 104 cm³/mol. The molecule has 0 aliphatic carbocycles. The second-order valence-corrected chi connectivity index (χ2v) is 7.44. The van der Waals surface area contributed by atoms with E-state index in [1.807, 2.05) is 26.0 Å². The number of aromatic hydroxyl groups is 2. The second-order valence-electron chi connectivity index (χ2n) is 5.62. The lowest BCUT2D eigenvalue weighted by molar-refractivity contribution is -0.115. The van der Waals surface area contributed by atoms with Crippen LogP contribution in [0, 0.1) is 13.8 Å². The van der Waals surface area contributed by atoms with Gasteiger partial charge in [0.15, 0.2) is 5.17 Å². The first-order valence-electron chi connectivity index (χ1n) is 7.42. The Hall–Kier alpha value is -2.25. The number of thioether (sulfide) groups is 1. The third-order valence-electron chi connectivity index (χ3n) is 3.60. The molecule has 1 aliphatic rings. The van der Waals surface area contributed by atoms with Gasteiger partial charge in [-0.05, 0) is 67.1 Å². The van der Waals surface area contributed by atoms with Crippen molar-refractivity contribution in [2.24, 2.45) is 4.99 Å². The summed E-state index contributed by atoms with van der Waals surface area (Å²) in [5.74, 6) is -0.404. The van der Waals surface area contributed by atoms with Crippen molar-refractivity contribution in [1.82, 2.24) is 5.32 Å². The van der Waals surface area contributed by atoms with Crippen LogP contribution >= 0.6 is 27.7 Å². The summed E-state index contributed by atoms with van der Waals surface area (Å²) < 4.78 is 1.04. The number of phenols is 2. The van der Waals surface area contributed by atoms with Gasteiger partial charge in [0.25, 0.3) is 5.91 Å². The van der Waals surface area contributed by atoms with E-state index in [0.717, 1.165) is 21.3 Å². The average molecular weight is 419 g/mol. The highest BCUT2D eigenvalue weighted by Gasteiger charge is 2.24. The van der Waals surface area contributed by atoms with Gasteiger partial charge in [-0.25, -0.2) is 4.99 Å². The third kappa shape index (κ3) is 3.88. The number of hydrogen-bond donors (Lipinski definition) is 3. The van der Waals surface area contributed by atoms with Crippen molar-refractivity contribution >= 4 is 50.5 Å². The van der Waals surface area contributed by atoms with Gasteiger partial charge >= 0.3 is 0 Å². The number of rotatable bonds is 2. The maximum absolute atomic E-state index is 12.1. The molecule has 3 rings (SSSR count). The maximum Gasteiger partial charge on any atom is 0.264 e. The summed E-state index contributed by atoms with van der Waals surface area (Å²) in [4.78, 5) is 17.0. The van der Waals surface area contributed by atoms with Crippen LogP contribution < -0.4 is 5.32 Å². The number of nitrogens with zero attached hydrogens (tertiary/aromatic N) is 1. The van der Waals surface area contributed by atoms with Crippen LogP contribution in [0.5, 0.6) is 11.5 Å². The molecule has 1 heterocycles. The minimum atomic E-state index is -0.276. The highest BCUT2D eigenvalue weighted by molar-refractivity contribution is 9.10. The average Bonchev–Trinajstić information content (AvgIpc) is 2.87. The van der Waals surface area contributed by atoms with Crippen LogP contribution in [0.4, 0.5) is 5.69 Å². The summed E-state index contributed by atoms with van der Waals surface area (Å²) in [5.41, 5.74) is 3.35. The van der Waals surface area contributed by atoms with Gasteiger partial charge in [-0.1, -0.05) is 15.9 Å². The molecule has 2 aromatic carbocycles. The Balaban J connectivity index is 1.88. The topological polar surface area (TPSA) is 81.9 Å². The third-order valence-corrected chi connectivity index (χ3v) is 5.76. The Labute approximate surface area is 157 Å². The zero-order valence-electron chi connectivity index (χ0n) is 13.5. The number of carbonyl (C=O) groups excluding carboxylic acids is 1. The van der Waals surface area contributed by atoms with Crippen LogP contribution in [0.2, 0.25) is 0 Å². The van der Waals surface area contributed by atoms with Gasteiger partial charge < -0.3 is 15.5 Å². The molecule has 1 saturated heterocycles. The van der Waals surface area contributed by atoms with E-state index in [1.165, 1.54) is 23.9 Å². The van der Waals surface area contributed by atoms with Crippen LogP contribution in [0.1, 0.15) is 16.7 Å². The largest absolute Gasteiger partial charge is 0.508 e. The molecule has 0 atom stereocenters. The molecule has 0 aromatic heterocycles. The van der Waals surface area contributed by atoms with Crippen molar-refractivity contribution in [3.63, 3.8) is 0 Å². The fourth-order valence-corrected chi connectivity index (χ4v) is 3.44. The molecule has 25 heavy (non-hydrogen) atoms. The van der Waals surface area contributed by atoms with Crippen molar-refractivity contribution in [3.8, 4) is 11.5 Å². The van der Waals surface area contributed by atoms with E-state index >= 15 is 0 Å². The van der Waals surface area contributed by atoms with Gasteiger partial charge in [0.1, 0.15) is 11.5 Å². The number of benzene rings is 2. The van der Waals surface area contributed by atoms with E-state index in [4.69, 9.17) is 0 Å².